The van der Waals surface area contributed by atoms with Gasteiger partial charge in [0.05, 0.1) is 0 Å². The van der Waals surface area contributed by atoms with Crippen molar-refractivity contribution in [2.45, 2.75) is 84.2 Å². The molecule has 1 aliphatic heterocycles. The van der Waals surface area contributed by atoms with Gasteiger partial charge in [0.15, 0.2) is 0 Å². The SMILES string of the molecule is CCN(C1CCC(CN2CCC(C(C)C)CC2)CC1)C1CC1. The van der Waals surface area contributed by atoms with Gasteiger partial charge in [-0.25, -0.2) is 0 Å². The summed E-state index contributed by atoms with van der Waals surface area (Å²) in [6.45, 7) is 12.6. The highest BCUT2D eigenvalue weighted by molar-refractivity contribution is 4.90. The Morgan fingerprint density at radius 1 is 0.864 bits per heavy atom. The second-order valence-electron chi connectivity index (χ2n) is 8.62. The van der Waals surface area contributed by atoms with Crippen molar-refractivity contribution in [3.05, 3.63) is 0 Å². The number of nitrogens with zero attached hydrogens (tertiary/aromatic N) is 2. The quantitative estimate of drug-likeness (QED) is 0.718. The van der Waals surface area contributed by atoms with Gasteiger partial charge in [0.2, 0.25) is 0 Å². The molecule has 2 heteroatoms. The highest BCUT2D eigenvalue weighted by atomic mass is 15.2. The van der Waals surface area contributed by atoms with Gasteiger partial charge in [0.25, 0.3) is 0 Å². The molecule has 0 aromatic rings. The Hall–Kier alpha value is -0.0800. The maximum Gasteiger partial charge on any atom is 0.00992 e. The molecule has 0 N–H and O–H groups in total. The van der Waals surface area contributed by atoms with E-state index in [9.17, 15) is 0 Å². The average Bonchev–Trinajstić information content (AvgIpc) is 3.35. The predicted octanol–water partition coefficient (Wildman–Crippen LogP) is 4.40. The fourth-order valence-corrected chi connectivity index (χ4v) is 5.05. The number of hydrogen-bond donors (Lipinski definition) is 0. The summed E-state index contributed by atoms with van der Waals surface area (Å²) >= 11 is 0. The second kappa shape index (κ2) is 7.66. The van der Waals surface area contributed by atoms with Gasteiger partial charge in [-0.1, -0.05) is 20.8 Å². The molecule has 3 aliphatic rings. The fourth-order valence-electron chi connectivity index (χ4n) is 5.05. The number of likely N-dealkylation sites (tertiary alicyclic amines) is 1. The Morgan fingerprint density at radius 2 is 1.41 bits per heavy atom. The van der Waals surface area contributed by atoms with E-state index in [1.807, 2.05) is 0 Å². The smallest absolute Gasteiger partial charge is 0.00992 e. The van der Waals surface area contributed by atoms with Gasteiger partial charge in [-0.3, -0.25) is 4.90 Å². The van der Waals surface area contributed by atoms with Crippen molar-refractivity contribution in [1.82, 2.24) is 9.80 Å². The van der Waals surface area contributed by atoms with E-state index in [1.165, 1.54) is 77.5 Å². The Kier molecular flexibility index (Phi) is 5.84. The zero-order valence-corrected chi connectivity index (χ0v) is 15.3. The van der Waals surface area contributed by atoms with Crippen molar-refractivity contribution in [1.29, 1.82) is 0 Å². The van der Waals surface area contributed by atoms with Gasteiger partial charge < -0.3 is 4.90 Å². The van der Waals surface area contributed by atoms with Crippen LogP contribution in [0.2, 0.25) is 0 Å². The molecule has 128 valence electrons. The highest BCUT2D eigenvalue weighted by Gasteiger charge is 2.35. The van der Waals surface area contributed by atoms with Gasteiger partial charge in [-0.2, -0.15) is 0 Å². The van der Waals surface area contributed by atoms with Crippen LogP contribution in [0.25, 0.3) is 0 Å². The first-order valence-electron chi connectivity index (χ1n) is 10.2. The summed E-state index contributed by atoms with van der Waals surface area (Å²) < 4.78 is 0. The molecule has 0 spiro atoms. The summed E-state index contributed by atoms with van der Waals surface area (Å²) in [6.07, 6.45) is 11.7. The third-order valence-electron chi connectivity index (χ3n) is 6.76. The minimum Gasteiger partial charge on any atom is -0.303 e. The topological polar surface area (TPSA) is 6.48 Å². The zero-order valence-electron chi connectivity index (χ0n) is 15.3. The highest BCUT2D eigenvalue weighted by Crippen LogP contribution is 2.35. The van der Waals surface area contributed by atoms with E-state index in [0.29, 0.717) is 0 Å². The maximum absolute atomic E-state index is 2.82. The molecular formula is C20H38N2. The summed E-state index contributed by atoms with van der Waals surface area (Å²) in [6, 6.07) is 1.88. The third-order valence-corrected chi connectivity index (χ3v) is 6.76. The lowest BCUT2D eigenvalue weighted by atomic mass is 9.83. The van der Waals surface area contributed by atoms with Crippen molar-refractivity contribution in [3.8, 4) is 0 Å². The molecule has 0 amide bonds. The van der Waals surface area contributed by atoms with Crippen LogP contribution in [-0.4, -0.2) is 48.1 Å². The maximum atomic E-state index is 2.82. The second-order valence-corrected chi connectivity index (χ2v) is 8.62. The summed E-state index contributed by atoms with van der Waals surface area (Å²) in [5.74, 6) is 2.87. The van der Waals surface area contributed by atoms with Crippen molar-refractivity contribution in [2.75, 3.05) is 26.2 Å². The van der Waals surface area contributed by atoms with Crippen LogP contribution >= 0.6 is 0 Å². The van der Waals surface area contributed by atoms with E-state index in [1.54, 1.807) is 0 Å². The summed E-state index contributed by atoms with van der Waals surface area (Å²) in [5, 5.41) is 0. The molecule has 0 atom stereocenters. The number of piperidine rings is 1. The van der Waals surface area contributed by atoms with E-state index >= 15 is 0 Å². The lowest BCUT2D eigenvalue weighted by molar-refractivity contribution is 0.0972. The molecular weight excluding hydrogens is 268 g/mol. The summed E-state index contributed by atoms with van der Waals surface area (Å²) in [4.78, 5) is 5.60. The number of rotatable bonds is 6. The van der Waals surface area contributed by atoms with E-state index in [-0.39, 0.29) is 0 Å². The van der Waals surface area contributed by atoms with E-state index in [0.717, 1.165) is 29.8 Å². The van der Waals surface area contributed by atoms with Crippen LogP contribution in [0, 0.1) is 17.8 Å². The van der Waals surface area contributed by atoms with Crippen LogP contribution in [0.4, 0.5) is 0 Å². The molecule has 3 fully saturated rings. The van der Waals surface area contributed by atoms with E-state index < -0.39 is 0 Å². The first-order valence-corrected chi connectivity index (χ1v) is 10.2. The minimum atomic E-state index is 0.889. The first-order chi connectivity index (χ1) is 10.7. The van der Waals surface area contributed by atoms with Crippen LogP contribution in [0.15, 0.2) is 0 Å². The molecule has 1 saturated heterocycles. The van der Waals surface area contributed by atoms with Gasteiger partial charge in [-0.15, -0.1) is 0 Å². The summed E-state index contributed by atoms with van der Waals surface area (Å²) in [5.41, 5.74) is 0. The monoisotopic (exact) mass is 306 g/mol. The minimum absolute atomic E-state index is 0.889. The third kappa shape index (κ3) is 4.26. The number of hydrogen-bond acceptors (Lipinski definition) is 2. The van der Waals surface area contributed by atoms with Crippen molar-refractivity contribution >= 4 is 0 Å². The normalized spacial score (nSPS) is 32.0. The molecule has 1 heterocycles. The van der Waals surface area contributed by atoms with E-state index in [4.69, 9.17) is 0 Å². The summed E-state index contributed by atoms with van der Waals surface area (Å²) in [7, 11) is 0. The van der Waals surface area contributed by atoms with Gasteiger partial charge in [0, 0.05) is 18.6 Å². The molecule has 0 unspecified atom stereocenters. The average molecular weight is 307 g/mol. The fraction of sp³-hybridized carbons (Fsp3) is 1.00. The van der Waals surface area contributed by atoms with Crippen LogP contribution in [0.3, 0.4) is 0 Å². The molecule has 3 rings (SSSR count). The molecule has 0 bridgehead atoms. The lowest BCUT2D eigenvalue weighted by Gasteiger charge is -2.40. The Balaban J connectivity index is 1.37. The molecule has 0 aromatic carbocycles. The van der Waals surface area contributed by atoms with Gasteiger partial charge in [-0.05, 0) is 88.8 Å². The Morgan fingerprint density at radius 3 is 1.86 bits per heavy atom. The Labute approximate surface area is 138 Å². The molecule has 2 nitrogen and oxygen atoms in total. The van der Waals surface area contributed by atoms with E-state index in [2.05, 4.69) is 30.6 Å². The first kappa shape index (κ1) is 16.8. The van der Waals surface area contributed by atoms with Crippen molar-refractivity contribution < 1.29 is 0 Å². The predicted molar refractivity (Wildman–Crippen MR) is 95.2 cm³/mol. The molecule has 0 aromatic heterocycles. The van der Waals surface area contributed by atoms with Crippen LogP contribution in [0.1, 0.15) is 72.1 Å². The van der Waals surface area contributed by atoms with Crippen molar-refractivity contribution in [2.24, 2.45) is 17.8 Å². The lowest BCUT2D eigenvalue weighted by Crippen LogP contribution is -2.42. The van der Waals surface area contributed by atoms with Crippen LogP contribution in [0.5, 0.6) is 0 Å². The standard InChI is InChI=1S/C20H38N2/c1-4-22(20-9-10-20)19-7-5-17(6-8-19)15-21-13-11-18(12-14-21)16(2)3/h16-20H,4-15H2,1-3H3. The van der Waals surface area contributed by atoms with Crippen LogP contribution < -0.4 is 0 Å². The molecule has 0 radical (unpaired) electrons. The molecule has 2 saturated carbocycles. The van der Waals surface area contributed by atoms with Gasteiger partial charge in [0.1, 0.15) is 0 Å². The van der Waals surface area contributed by atoms with Gasteiger partial charge >= 0.3 is 0 Å². The Bertz CT molecular complexity index is 321. The largest absolute Gasteiger partial charge is 0.303 e. The molecule has 2 aliphatic carbocycles. The van der Waals surface area contributed by atoms with Crippen LogP contribution in [-0.2, 0) is 0 Å². The molecule has 22 heavy (non-hydrogen) atoms. The van der Waals surface area contributed by atoms with Crippen molar-refractivity contribution in [3.63, 3.8) is 0 Å². The zero-order chi connectivity index (χ0) is 15.5.